The van der Waals surface area contributed by atoms with Crippen LogP contribution in [-0.4, -0.2) is 62.3 Å². The molecule has 1 aliphatic rings. The van der Waals surface area contributed by atoms with E-state index in [1.807, 2.05) is 0 Å². The van der Waals surface area contributed by atoms with Gasteiger partial charge in [-0.25, -0.2) is 9.36 Å². The minimum Gasteiger partial charge on any atom is -0.462 e. The highest BCUT2D eigenvalue weighted by Gasteiger charge is 2.54. The van der Waals surface area contributed by atoms with Crippen molar-refractivity contribution in [2.45, 2.75) is 70.8 Å². The summed E-state index contributed by atoms with van der Waals surface area (Å²) in [5.74, 6) is -0.514. The number of aliphatic hydroxyl groups excluding tert-OH is 1. The van der Waals surface area contributed by atoms with Crippen molar-refractivity contribution in [1.82, 2.24) is 14.6 Å². The summed E-state index contributed by atoms with van der Waals surface area (Å²) in [7, 11) is -4.27. The van der Waals surface area contributed by atoms with Crippen molar-refractivity contribution in [3.8, 4) is 5.75 Å². The SMILES string of the molecule is Cc1cc(=O)[nH]c(=O)n1[C@@H]1O[C@H](COP(=O)(N[C@@H](C)C(=O)OC(C)C)Oc2ccccc2)[C@@H](O)[C@@]1(C)O. The van der Waals surface area contributed by atoms with E-state index in [1.165, 1.54) is 32.9 Å². The Morgan fingerprint density at radius 2 is 1.92 bits per heavy atom. The number of hydrogen-bond donors (Lipinski definition) is 4. The van der Waals surface area contributed by atoms with Gasteiger partial charge in [-0.3, -0.25) is 23.7 Å². The fraction of sp³-hybridized carbons (Fsp3) is 0.522. The van der Waals surface area contributed by atoms with Gasteiger partial charge in [-0.15, -0.1) is 0 Å². The zero-order chi connectivity index (χ0) is 27.5. The summed E-state index contributed by atoms with van der Waals surface area (Å²) in [5.41, 5.74) is -3.29. The number of carbonyl (C=O) groups is 1. The lowest BCUT2D eigenvalue weighted by atomic mass is 9.96. The minimum absolute atomic E-state index is 0.177. The molecule has 14 heteroatoms. The van der Waals surface area contributed by atoms with Gasteiger partial charge in [0.25, 0.3) is 5.56 Å². The number of rotatable bonds is 10. The van der Waals surface area contributed by atoms with Gasteiger partial charge in [0.1, 0.15) is 29.6 Å². The third-order valence-electron chi connectivity index (χ3n) is 5.59. The number of aromatic amines is 1. The van der Waals surface area contributed by atoms with Crippen LogP contribution in [0.3, 0.4) is 0 Å². The van der Waals surface area contributed by atoms with Crippen LogP contribution in [0.5, 0.6) is 5.75 Å². The molecule has 0 amide bonds. The van der Waals surface area contributed by atoms with E-state index < -0.39 is 67.8 Å². The molecule has 1 aliphatic heterocycles. The Hall–Kier alpha value is -2.80. The van der Waals surface area contributed by atoms with E-state index in [4.69, 9.17) is 18.5 Å². The van der Waals surface area contributed by atoms with Gasteiger partial charge in [0, 0.05) is 11.8 Å². The Labute approximate surface area is 212 Å². The van der Waals surface area contributed by atoms with Crippen molar-refractivity contribution in [3.63, 3.8) is 0 Å². The number of hydrogen-bond acceptors (Lipinski definition) is 10. The van der Waals surface area contributed by atoms with Crippen LogP contribution in [0.2, 0.25) is 0 Å². The molecule has 3 rings (SSSR count). The molecule has 1 aromatic heterocycles. The first-order valence-corrected chi connectivity index (χ1v) is 13.1. The van der Waals surface area contributed by atoms with Crippen molar-refractivity contribution >= 4 is 13.7 Å². The molecule has 0 bridgehead atoms. The predicted octanol–water partition coefficient (Wildman–Crippen LogP) is 0.988. The van der Waals surface area contributed by atoms with Crippen LogP contribution in [0, 0.1) is 6.92 Å². The van der Waals surface area contributed by atoms with Crippen LogP contribution in [0.15, 0.2) is 46.0 Å². The highest BCUT2D eigenvalue weighted by atomic mass is 31.2. The molecular weight excluding hydrogens is 509 g/mol. The normalized spacial score (nSPS) is 26.0. The zero-order valence-corrected chi connectivity index (χ0v) is 22.0. The molecule has 1 aromatic carbocycles. The third kappa shape index (κ3) is 6.75. The Morgan fingerprint density at radius 1 is 1.27 bits per heavy atom. The van der Waals surface area contributed by atoms with Crippen LogP contribution >= 0.6 is 7.75 Å². The lowest BCUT2D eigenvalue weighted by Crippen LogP contribution is -2.47. The first kappa shape index (κ1) is 28.8. The van der Waals surface area contributed by atoms with E-state index >= 15 is 0 Å². The van der Waals surface area contributed by atoms with Crippen molar-refractivity contribution < 1.29 is 38.1 Å². The van der Waals surface area contributed by atoms with Gasteiger partial charge in [0.15, 0.2) is 6.23 Å². The summed E-state index contributed by atoms with van der Waals surface area (Å²) < 4.78 is 36.6. The monoisotopic (exact) mass is 541 g/mol. The molecule has 0 spiro atoms. The molecule has 0 saturated carbocycles. The summed E-state index contributed by atoms with van der Waals surface area (Å²) in [6.07, 6.45) is -4.68. The Morgan fingerprint density at radius 3 is 2.51 bits per heavy atom. The number of aliphatic hydroxyl groups is 2. The van der Waals surface area contributed by atoms with Crippen molar-refractivity contribution in [1.29, 1.82) is 0 Å². The lowest BCUT2D eigenvalue weighted by Gasteiger charge is -2.28. The van der Waals surface area contributed by atoms with E-state index in [-0.39, 0.29) is 11.4 Å². The van der Waals surface area contributed by atoms with Crippen LogP contribution in [0.25, 0.3) is 0 Å². The predicted molar refractivity (Wildman–Crippen MR) is 131 cm³/mol. The molecule has 0 aliphatic carbocycles. The van der Waals surface area contributed by atoms with Crippen molar-refractivity contribution in [2.75, 3.05) is 6.61 Å². The molecule has 2 aromatic rings. The molecule has 1 fully saturated rings. The van der Waals surface area contributed by atoms with E-state index in [0.717, 1.165) is 10.6 Å². The standard InChI is InChI=1S/C23H32N3O10P/c1-13(2)34-20(29)15(4)25-37(32,36-16-9-7-6-8-10-16)33-12-17-19(28)23(5,31)21(35-17)26-14(3)11-18(27)24-22(26)30/h6-11,13,15,17,19,21,28,31H,12H2,1-5H3,(H,25,32)(H,24,27,30)/t15-,17+,19+,21+,23+,37?/m0/s1. The maximum absolute atomic E-state index is 13.6. The fourth-order valence-electron chi connectivity index (χ4n) is 3.77. The van der Waals surface area contributed by atoms with E-state index in [9.17, 15) is 29.2 Å². The molecule has 204 valence electrons. The quantitative estimate of drug-likeness (QED) is 0.249. The number of H-pyrrole nitrogens is 1. The lowest BCUT2D eigenvalue weighted by molar-refractivity contribution is -0.149. The molecular formula is C23H32N3O10P. The second-order valence-corrected chi connectivity index (χ2v) is 10.9. The third-order valence-corrected chi connectivity index (χ3v) is 7.24. The van der Waals surface area contributed by atoms with Crippen LogP contribution in [-0.2, 0) is 23.4 Å². The Bertz CT molecular complexity index is 1260. The molecule has 1 unspecified atom stereocenters. The number of nitrogens with one attached hydrogen (secondary N) is 2. The molecule has 13 nitrogen and oxygen atoms in total. The van der Waals surface area contributed by atoms with Crippen molar-refractivity contribution in [2.24, 2.45) is 0 Å². The van der Waals surface area contributed by atoms with Crippen LogP contribution in [0.1, 0.15) is 39.6 Å². The topological polar surface area (TPSA) is 178 Å². The number of nitrogens with zero attached hydrogens (tertiary/aromatic N) is 1. The van der Waals surface area contributed by atoms with Crippen molar-refractivity contribution in [3.05, 3.63) is 62.9 Å². The molecule has 37 heavy (non-hydrogen) atoms. The zero-order valence-electron chi connectivity index (χ0n) is 21.1. The largest absolute Gasteiger partial charge is 0.462 e. The molecule has 4 N–H and O–H groups in total. The van der Waals surface area contributed by atoms with E-state index in [1.54, 1.807) is 32.0 Å². The van der Waals surface area contributed by atoms with E-state index in [2.05, 4.69) is 10.1 Å². The number of carbonyl (C=O) groups excluding carboxylic acids is 1. The number of aromatic nitrogens is 2. The summed E-state index contributed by atoms with van der Waals surface area (Å²) in [5, 5.41) is 24.3. The van der Waals surface area contributed by atoms with E-state index in [0.29, 0.717) is 0 Å². The van der Waals surface area contributed by atoms with Gasteiger partial charge in [0.2, 0.25) is 0 Å². The smallest absolute Gasteiger partial charge is 0.459 e. The summed E-state index contributed by atoms with van der Waals surface area (Å²) >= 11 is 0. The number of para-hydroxylation sites is 1. The van der Waals surface area contributed by atoms with Gasteiger partial charge in [-0.05, 0) is 46.8 Å². The van der Waals surface area contributed by atoms with Crippen LogP contribution in [0.4, 0.5) is 0 Å². The summed E-state index contributed by atoms with van der Waals surface area (Å²) in [6, 6.07) is 8.12. The second kappa shape index (κ2) is 11.3. The molecule has 0 radical (unpaired) electrons. The first-order chi connectivity index (χ1) is 17.2. The minimum atomic E-state index is -4.27. The van der Waals surface area contributed by atoms with Gasteiger partial charge < -0.3 is 24.2 Å². The fourth-order valence-corrected chi connectivity index (χ4v) is 5.27. The number of aryl methyl sites for hydroxylation is 1. The Balaban J connectivity index is 1.83. The second-order valence-electron chi connectivity index (χ2n) is 9.18. The summed E-state index contributed by atoms with van der Waals surface area (Å²) in [6.45, 7) is 6.91. The number of benzene rings is 1. The average Bonchev–Trinajstić information content (AvgIpc) is 3.01. The highest BCUT2D eigenvalue weighted by Crippen LogP contribution is 2.47. The maximum Gasteiger partial charge on any atom is 0.459 e. The number of esters is 1. The van der Waals surface area contributed by atoms with Gasteiger partial charge in [0.05, 0.1) is 12.7 Å². The highest BCUT2D eigenvalue weighted by molar-refractivity contribution is 7.52. The van der Waals surface area contributed by atoms with Crippen LogP contribution < -0.4 is 20.9 Å². The molecule has 1 saturated heterocycles. The van der Waals surface area contributed by atoms with Gasteiger partial charge in [-0.1, -0.05) is 18.2 Å². The first-order valence-electron chi connectivity index (χ1n) is 11.6. The maximum atomic E-state index is 13.6. The molecule has 2 heterocycles. The van der Waals surface area contributed by atoms with Gasteiger partial charge in [-0.2, -0.15) is 5.09 Å². The molecule has 6 atom stereocenters. The average molecular weight is 541 g/mol. The summed E-state index contributed by atoms with van der Waals surface area (Å²) in [4.78, 5) is 38.4. The van der Waals surface area contributed by atoms with Gasteiger partial charge >= 0.3 is 19.4 Å². The number of ether oxygens (including phenoxy) is 2. The Kier molecular flexibility index (Phi) is 8.78.